The third kappa shape index (κ3) is 4.14. The highest BCUT2D eigenvalue weighted by atomic mass is 32.2. The Labute approximate surface area is 168 Å². The number of nitrogens with one attached hydrogen (secondary N) is 2. The number of para-hydroxylation sites is 1. The predicted octanol–water partition coefficient (Wildman–Crippen LogP) is 4.41. The average molecular weight is 405 g/mol. The van der Waals surface area contributed by atoms with Crippen LogP contribution in [0.2, 0.25) is 0 Å². The van der Waals surface area contributed by atoms with E-state index in [-0.39, 0.29) is 5.88 Å². The molecular weight excluding hydrogens is 386 g/mol. The minimum atomic E-state index is -3.34. The number of H-pyrrole nitrogens is 1. The molecule has 7 heteroatoms. The zero-order valence-electron chi connectivity index (χ0n) is 15.6. The van der Waals surface area contributed by atoms with E-state index in [1.807, 2.05) is 54.6 Å². The van der Waals surface area contributed by atoms with Gasteiger partial charge in [-0.15, -0.1) is 0 Å². The SMILES string of the molecule is CS(=O)(=O)Nc1ccc(N=C(c2ccccc2)c2c(O)[nH]c3ccccc23)cc1. The van der Waals surface area contributed by atoms with E-state index in [9.17, 15) is 13.5 Å². The number of benzene rings is 3. The summed E-state index contributed by atoms with van der Waals surface area (Å²) in [7, 11) is -3.34. The molecule has 0 spiro atoms. The molecule has 0 aliphatic heterocycles. The molecule has 0 atom stereocenters. The number of nitrogens with zero attached hydrogens (tertiary/aromatic N) is 1. The number of aromatic amines is 1. The van der Waals surface area contributed by atoms with Crippen molar-refractivity contribution in [3.8, 4) is 5.88 Å². The number of hydrogen-bond donors (Lipinski definition) is 3. The van der Waals surface area contributed by atoms with E-state index in [0.717, 1.165) is 22.7 Å². The second kappa shape index (κ2) is 7.44. The molecule has 3 aromatic carbocycles. The maximum Gasteiger partial charge on any atom is 0.229 e. The number of aliphatic imine (C=N–C) groups is 1. The van der Waals surface area contributed by atoms with E-state index in [1.54, 1.807) is 24.3 Å². The number of hydrogen-bond acceptors (Lipinski definition) is 4. The van der Waals surface area contributed by atoms with Gasteiger partial charge in [0.15, 0.2) is 5.88 Å². The predicted molar refractivity (Wildman–Crippen MR) is 117 cm³/mol. The van der Waals surface area contributed by atoms with Gasteiger partial charge < -0.3 is 10.1 Å². The minimum absolute atomic E-state index is 0.0455. The molecule has 0 fully saturated rings. The lowest BCUT2D eigenvalue weighted by molar-refractivity contribution is 0.457. The molecule has 0 bridgehead atoms. The Morgan fingerprint density at radius 3 is 2.28 bits per heavy atom. The first-order chi connectivity index (χ1) is 13.9. The fraction of sp³-hybridized carbons (Fsp3) is 0.0455. The van der Waals surface area contributed by atoms with Crippen LogP contribution < -0.4 is 4.72 Å². The maximum atomic E-state index is 11.4. The summed E-state index contributed by atoms with van der Waals surface area (Å²) in [5.41, 5.74) is 3.99. The molecule has 4 rings (SSSR count). The van der Waals surface area contributed by atoms with E-state index >= 15 is 0 Å². The molecule has 0 radical (unpaired) electrons. The Morgan fingerprint density at radius 2 is 1.59 bits per heavy atom. The molecule has 0 saturated heterocycles. The summed E-state index contributed by atoms with van der Waals surface area (Å²) in [4.78, 5) is 7.78. The molecule has 146 valence electrons. The Bertz CT molecular complexity index is 1290. The molecule has 1 aromatic heterocycles. The number of sulfonamides is 1. The van der Waals surface area contributed by atoms with E-state index in [2.05, 4.69) is 9.71 Å². The minimum Gasteiger partial charge on any atom is -0.494 e. The summed E-state index contributed by atoms with van der Waals surface area (Å²) >= 11 is 0. The Kier molecular flexibility index (Phi) is 4.82. The van der Waals surface area contributed by atoms with Crippen LogP contribution in [0.3, 0.4) is 0 Å². The first kappa shape index (κ1) is 18.8. The largest absolute Gasteiger partial charge is 0.494 e. The van der Waals surface area contributed by atoms with Crippen molar-refractivity contribution in [1.29, 1.82) is 0 Å². The second-order valence-corrected chi connectivity index (χ2v) is 8.39. The van der Waals surface area contributed by atoms with Crippen molar-refractivity contribution in [2.24, 2.45) is 4.99 Å². The van der Waals surface area contributed by atoms with Gasteiger partial charge in [-0.2, -0.15) is 0 Å². The third-order valence-electron chi connectivity index (χ3n) is 4.38. The van der Waals surface area contributed by atoms with Gasteiger partial charge in [0.05, 0.1) is 23.2 Å². The normalized spacial score (nSPS) is 12.2. The highest BCUT2D eigenvalue weighted by Crippen LogP contribution is 2.31. The summed E-state index contributed by atoms with van der Waals surface area (Å²) in [6.07, 6.45) is 1.10. The standard InChI is InChI=1S/C22H19N3O3S/c1-29(27,28)25-17-13-11-16(12-14-17)23-21(15-7-3-2-4-8-15)20-18-9-5-6-10-19(18)24-22(20)26/h2-14,24-26H,1H3. The van der Waals surface area contributed by atoms with Crippen LogP contribution >= 0.6 is 0 Å². The fourth-order valence-electron chi connectivity index (χ4n) is 3.18. The smallest absolute Gasteiger partial charge is 0.229 e. The van der Waals surface area contributed by atoms with Crippen LogP contribution in [-0.2, 0) is 10.0 Å². The van der Waals surface area contributed by atoms with Crippen LogP contribution in [-0.4, -0.2) is 30.5 Å². The topological polar surface area (TPSA) is 94.6 Å². The van der Waals surface area contributed by atoms with Gasteiger partial charge in [-0.3, -0.25) is 4.72 Å². The highest BCUT2D eigenvalue weighted by molar-refractivity contribution is 7.92. The first-order valence-electron chi connectivity index (χ1n) is 8.93. The van der Waals surface area contributed by atoms with Gasteiger partial charge >= 0.3 is 0 Å². The van der Waals surface area contributed by atoms with Crippen molar-refractivity contribution in [2.75, 3.05) is 11.0 Å². The summed E-state index contributed by atoms with van der Waals surface area (Å²) in [6, 6.07) is 24.0. The van der Waals surface area contributed by atoms with Crippen LogP contribution in [0.5, 0.6) is 5.88 Å². The summed E-state index contributed by atoms with van der Waals surface area (Å²) in [5, 5.41) is 11.5. The lowest BCUT2D eigenvalue weighted by Gasteiger charge is -2.08. The quantitative estimate of drug-likeness (QED) is 0.429. The molecule has 29 heavy (non-hydrogen) atoms. The first-order valence-corrected chi connectivity index (χ1v) is 10.8. The molecular formula is C22H19N3O3S. The molecule has 0 unspecified atom stereocenters. The number of aromatic hydroxyl groups is 1. The lowest BCUT2D eigenvalue weighted by atomic mass is 10.0. The molecule has 1 heterocycles. The number of aromatic nitrogens is 1. The van der Waals surface area contributed by atoms with Crippen LogP contribution in [0.15, 0.2) is 83.9 Å². The summed E-state index contributed by atoms with van der Waals surface area (Å²) < 4.78 is 25.2. The van der Waals surface area contributed by atoms with Gasteiger partial charge in [0.25, 0.3) is 0 Å². The van der Waals surface area contributed by atoms with Crippen LogP contribution in [0.4, 0.5) is 11.4 Å². The molecule has 0 amide bonds. The summed E-state index contributed by atoms with van der Waals surface area (Å²) in [5.74, 6) is 0.0455. The van der Waals surface area contributed by atoms with Crippen molar-refractivity contribution in [2.45, 2.75) is 0 Å². The summed E-state index contributed by atoms with van der Waals surface area (Å²) in [6.45, 7) is 0. The lowest BCUT2D eigenvalue weighted by Crippen LogP contribution is -2.09. The van der Waals surface area contributed by atoms with Crippen molar-refractivity contribution in [3.05, 3.63) is 90.0 Å². The zero-order chi connectivity index (χ0) is 20.4. The van der Waals surface area contributed by atoms with Gasteiger partial charge in [0.2, 0.25) is 10.0 Å². The highest BCUT2D eigenvalue weighted by Gasteiger charge is 2.18. The van der Waals surface area contributed by atoms with Crippen LogP contribution in [0.25, 0.3) is 10.9 Å². The monoisotopic (exact) mass is 405 g/mol. The van der Waals surface area contributed by atoms with Gasteiger partial charge in [-0.1, -0.05) is 48.5 Å². The van der Waals surface area contributed by atoms with Crippen LogP contribution in [0.1, 0.15) is 11.1 Å². The molecule has 3 N–H and O–H groups in total. The number of anilines is 1. The van der Waals surface area contributed by atoms with E-state index in [1.165, 1.54) is 0 Å². The van der Waals surface area contributed by atoms with E-state index in [0.29, 0.717) is 22.6 Å². The average Bonchev–Trinajstić information content (AvgIpc) is 3.02. The number of fused-ring (bicyclic) bond motifs is 1. The Hall–Kier alpha value is -3.58. The second-order valence-electron chi connectivity index (χ2n) is 6.64. The van der Waals surface area contributed by atoms with Crippen molar-refractivity contribution >= 4 is 38.0 Å². The number of rotatable bonds is 5. The maximum absolute atomic E-state index is 11.4. The van der Waals surface area contributed by atoms with Gasteiger partial charge in [-0.25, -0.2) is 13.4 Å². The van der Waals surface area contributed by atoms with Crippen molar-refractivity contribution in [3.63, 3.8) is 0 Å². The fourth-order valence-corrected chi connectivity index (χ4v) is 3.74. The van der Waals surface area contributed by atoms with Gasteiger partial charge in [0.1, 0.15) is 0 Å². The Balaban J connectivity index is 1.85. The molecule has 4 aromatic rings. The molecule has 0 saturated carbocycles. The Morgan fingerprint density at radius 1 is 0.931 bits per heavy atom. The van der Waals surface area contributed by atoms with E-state index < -0.39 is 10.0 Å². The van der Waals surface area contributed by atoms with Crippen molar-refractivity contribution in [1.82, 2.24) is 4.98 Å². The van der Waals surface area contributed by atoms with Crippen molar-refractivity contribution < 1.29 is 13.5 Å². The third-order valence-corrected chi connectivity index (χ3v) is 4.99. The molecule has 0 aliphatic carbocycles. The zero-order valence-corrected chi connectivity index (χ0v) is 16.4. The molecule has 6 nitrogen and oxygen atoms in total. The molecule has 0 aliphatic rings. The van der Waals surface area contributed by atoms with Crippen LogP contribution in [0, 0.1) is 0 Å². The van der Waals surface area contributed by atoms with E-state index in [4.69, 9.17) is 4.99 Å². The van der Waals surface area contributed by atoms with Gasteiger partial charge in [0, 0.05) is 22.2 Å². The van der Waals surface area contributed by atoms with Gasteiger partial charge in [-0.05, 0) is 30.3 Å².